The number of piperazine rings is 1. The second-order valence-corrected chi connectivity index (χ2v) is 8.84. The number of rotatable bonds is 6. The molecule has 7 heteroatoms. The van der Waals surface area contributed by atoms with E-state index in [4.69, 9.17) is 10.00 Å². The summed E-state index contributed by atoms with van der Waals surface area (Å²) in [6.07, 6.45) is 5.92. The van der Waals surface area contributed by atoms with Crippen molar-refractivity contribution in [1.82, 2.24) is 14.9 Å². The first-order valence-electron chi connectivity index (χ1n) is 11.5. The number of aromatic nitrogens is 2. The molecule has 1 amide bonds. The molecule has 2 saturated heterocycles. The van der Waals surface area contributed by atoms with Gasteiger partial charge in [-0.25, -0.2) is 4.98 Å². The Morgan fingerprint density at radius 2 is 1.97 bits per heavy atom. The van der Waals surface area contributed by atoms with Crippen molar-refractivity contribution in [1.29, 1.82) is 5.26 Å². The quantitative estimate of drug-likeness (QED) is 0.544. The Labute approximate surface area is 193 Å². The molecule has 0 radical (unpaired) electrons. The molecule has 168 valence electrons. The highest BCUT2D eigenvalue weighted by molar-refractivity contribution is 5.83. The molecule has 4 heterocycles. The Morgan fingerprint density at radius 1 is 1.15 bits per heavy atom. The number of carbonyl (C=O) groups excluding carboxylic acids is 1. The Balaban J connectivity index is 1.15. The van der Waals surface area contributed by atoms with Crippen molar-refractivity contribution < 1.29 is 9.53 Å². The summed E-state index contributed by atoms with van der Waals surface area (Å²) in [5, 5.41) is 10.1. The van der Waals surface area contributed by atoms with Crippen molar-refractivity contribution >= 4 is 22.6 Å². The first-order valence-corrected chi connectivity index (χ1v) is 11.5. The van der Waals surface area contributed by atoms with E-state index in [-0.39, 0.29) is 18.0 Å². The molecule has 2 unspecified atom stereocenters. The van der Waals surface area contributed by atoms with Crippen LogP contribution in [0, 0.1) is 18.3 Å². The molecule has 2 bridgehead atoms. The first kappa shape index (κ1) is 21.4. The summed E-state index contributed by atoms with van der Waals surface area (Å²) in [5.74, 6) is 1.05. The fourth-order valence-corrected chi connectivity index (χ4v) is 5.09. The topological polar surface area (TPSA) is 82.4 Å². The predicted molar refractivity (Wildman–Crippen MR) is 126 cm³/mol. The van der Waals surface area contributed by atoms with E-state index in [9.17, 15) is 4.79 Å². The average Bonchev–Trinajstić information content (AvgIpc) is 3.11. The molecule has 0 spiro atoms. The number of amides is 1. The molecule has 5 rings (SSSR count). The molecule has 0 aliphatic carbocycles. The lowest BCUT2D eigenvalue weighted by molar-refractivity contribution is -0.133. The summed E-state index contributed by atoms with van der Waals surface area (Å²) in [6.45, 7) is 4.39. The number of aryl methyl sites for hydroxylation is 1. The van der Waals surface area contributed by atoms with Gasteiger partial charge in [0.25, 0.3) is 0 Å². The van der Waals surface area contributed by atoms with Crippen molar-refractivity contribution in [3.05, 3.63) is 65.5 Å². The molecular weight excluding hydrogens is 414 g/mol. The standard InChI is InChI=1S/C26H27N5O2/c1-18-4-8-24-22(3-2-11-28-24)23(18)17-33-12-10-26(32)30-15-20-6-7-21(16-30)31(20)25-9-5-19(13-27)14-29-25/h2-5,8-9,11,14,20-21H,6-7,10,12,15-17H2,1H3. The first-order chi connectivity index (χ1) is 16.1. The van der Waals surface area contributed by atoms with Crippen LogP contribution in [0.1, 0.15) is 36.0 Å². The third-order valence-electron chi connectivity index (χ3n) is 6.81. The van der Waals surface area contributed by atoms with Crippen LogP contribution in [0.2, 0.25) is 0 Å². The van der Waals surface area contributed by atoms with Crippen LogP contribution < -0.4 is 4.90 Å². The van der Waals surface area contributed by atoms with Crippen LogP contribution in [0.5, 0.6) is 0 Å². The van der Waals surface area contributed by atoms with Gasteiger partial charge in [-0.15, -0.1) is 0 Å². The minimum Gasteiger partial charge on any atom is -0.376 e. The van der Waals surface area contributed by atoms with Gasteiger partial charge in [0.15, 0.2) is 0 Å². The van der Waals surface area contributed by atoms with Crippen LogP contribution in [0.15, 0.2) is 48.8 Å². The molecular formula is C26H27N5O2. The van der Waals surface area contributed by atoms with Crippen molar-refractivity contribution in [2.45, 2.75) is 44.9 Å². The second kappa shape index (κ2) is 9.16. The zero-order valence-electron chi connectivity index (χ0n) is 18.8. The van der Waals surface area contributed by atoms with Crippen molar-refractivity contribution in [2.24, 2.45) is 0 Å². The van der Waals surface area contributed by atoms with Crippen molar-refractivity contribution in [2.75, 3.05) is 24.6 Å². The number of ether oxygens (including phenoxy) is 1. The lowest BCUT2D eigenvalue weighted by atomic mass is 10.0. The normalized spacial score (nSPS) is 19.6. The van der Waals surface area contributed by atoms with Crippen molar-refractivity contribution in [3.63, 3.8) is 0 Å². The van der Waals surface area contributed by atoms with E-state index in [0.29, 0.717) is 38.3 Å². The minimum absolute atomic E-state index is 0.149. The fraction of sp³-hybridized carbons (Fsp3) is 0.385. The Kier molecular flexibility index (Phi) is 5.93. The van der Waals surface area contributed by atoms with Gasteiger partial charge < -0.3 is 14.5 Å². The van der Waals surface area contributed by atoms with Gasteiger partial charge in [0.2, 0.25) is 5.91 Å². The monoisotopic (exact) mass is 441 g/mol. The lowest BCUT2D eigenvalue weighted by Crippen LogP contribution is -2.55. The summed E-state index contributed by atoms with van der Waals surface area (Å²) in [7, 11) is 0. The molecule has 33 heavy (non-hydrogen) atoms. The van der Waals surface area contributed by atoms with Crippen LogP contribution in [-0.4, -0.2) is 52.6 Å². The summed E-state index contributed by atoms with van der Waals surface area (Å²) in [5.41, 5.74) is 3.83. The van der Waals surface area contributed by atoms with Crippen LogP contribution >= 0.6 is 0 Å². The van der Waals surface area contributed by atoms with Gasteiger partial charge in [0.05, 0.1) is 30.7 Å². The molecule has 3 aromatic rings. The lowest BCUT2D eigenvalue weighted by Gasteiger charge is -2.41. The number of anilines is 1. The number of hydrogen-bond acceptors (Lipinski definition) is 6. The highest BCUT2D eigenvalue weighted by Crippen LogP contribution is 2.34. The minimum atomic E-state index is 0.149. The molecule has 1 aromatic carbocycles. The SMILES string of the molecule is Cc1ccc2ncccc2c1COCCC(=O)N1CC2CCC(C1)N2c1ccc(C#N)cn1. The van der Waals surface area contributed by atoms with Gasteiger partial charge >= 0.3 is 0 Å². The fourth-order valence-electron chi connectivity index (χ4n) is 5.09. The van der Waals surface area contributed by atoms with E-state index in [1.54, 1.807) is 12.4 Å². The van der Waals surface area contributed by atoms with Crippen LogP contribution in [-0.2, 0) is 16.1 Å². The predicted octanol–water partition coefficient (Wildman–Crippen LogP) is 3.60. The maximum atomic E-state index is 12.9. The molecule has 2 aliphatic heterocycles. The number of nitrogens with zero attached hydrogens (tertiary/aromatic N) is 5. The average molecular weight is 442 g/mol. The summed E-state index contributed by atoms with van der Waals surface area (Å²) >= 11 is 0. The Hall–Kier alpha value is -3.50. The summed E-state index contributed by atoms with van der Waals surface area (Å²) in [4.78, 5) is 26.1. The zero-order chi connectivity index (χ0) is 22.8. The molecule has 2 aromatic heterocycles. The molecule has 0 N–H and O–H groups in total. The van der Waals surface area contributed by atoms with E-state index in [1.165, 1.54) is 5.56 Å². The van der Waals surface area contributed by atoms with Gasteiger partial charge in [-0.3, -0.25) is 9.78 Å². The van der Waals surface area contributed by atoms with Gasteiger partial charge in [-0.1, -0.05) is 12.1 Å². The third kappa shape index (κ3) is 4.27. The molecule has 2 fully saturated rings. The Bertz CT molecular complexity index is 1190. The van der Waals surface area contributed by atoms with Crippen LogP contribution in [0.4, 0.5) is 5.82 Å². The summed E-state index contributed by atoms with van der Waals surface area (Å²) < 4.78 is 5.93. The zero-order valence-corrected chi connectivity index (χ0v) is 18.8. The second-order valence-electron chi connectivity index (χ2n) is 8.84. The number of nitriles is 1. The largest absolute Gasteiger partial charge is 0.376 e. The number of pyridine rings is 2. The van der Waals surface area contributed by atoms with E-state index >= 15 is 0 Å². The van der Waals surface area contributed by atoms with Gasteiger partial charge in [0, 0.05) is 43.0 Å². The van der Waals surface area contributed by atoms with E-state index in [1.807, 2.05) is 29.2 Å². The third-order valence-corrected chi connectivity index (χ3v) is 6.81. The number of carbonyl (C=O) groups is 1. The molecule has 2 atom stereocenters. The highest BCUT2D eigenvalue weighted by atomic mass is 16.5. The van der Waals surface area contributed by atoms with E-state index < -0.39 is 0 Å². The number of fused-ring (bicyclic) bond motifs is 3. The maximum absolute atomic E-state index is 12.9. The van der Waals surface area contributed by atoms with E-state index in [2.05, 4.69) is 40.0 Å². The van der Waals surface area contributed by atoms with Gasteiger partial charge in [-0.05, 0) is 55.2 Å². The van der Waals surface area contributed by atoms with Crippen LogP contribution in [0.3, 0.4) is 0 Å². The summed E-state index contributed by atoms with van der Waals surface area (Å²) in [6, 6.07) is 14.5. The number of likely N-dealkylation sites (tertiary alicyclic amines) is 1. The highest BCUT2D eigenvalue weighted by Gasteiger charge is 2.41. The van der Waals surface area contributed by atoms with Crippen LogP contribution in [0.25, 0.3) is 10.9 Å². The number of hydrogen-bond donors (Lipinski definition) is 0. The smallest absolute Gasteiger partial charge is 0.225 e. The molecule has 7 nitrogen and oxygen atoms in total. The molecule has 2 aliphatic rings. The van der Waals surface area contributed by atoms with Gasteiger partial charge in [0.1, 0.15) is 11.9 Å². The number of benzene rings is 1. The molecule has 0 saturated carbocycles. The van der Waals surface area contributed by atoms with E-state index in [0.717, 1.165) is 35.1 Å². The van der Waals surface area contributed by atoms with Crippen molar-refractivity contribution in [3.8, 4) is 6.07 Å². The Morgan fingerprint density at radius 3 is 2.70 bits per heavy atom. The maximum Gasteiger partial charge on any atom is 0.225 e. The van der Waals surface area contributed by atoms with Gasteiger partial charge in [-0.2, -0.15) is 5.26 Å².